The molecule has 0 aliphatic heterocycles. The molecule has 1 atom stereocenters. The summed E-state index contributed by atoms with van der Waals surface area (Å²) in [7, 11) is 0. The van der Waals surface area contributed by atoms with E-state index in [1.165, 1.54) is 10.7 Å². The van der Waals surface area contributed by atoms with Crippen molar-refractivity contribution in [1.82, 2.24) is 34.7 Å². The predicted molar refractivity (Wildman–Crippen MR) is 106 cm³/mol. The minimum atomic E-state index is -4.56. The first-order chi connectivity index (χ1) is 15.3. The molecular formula is C20H16F3N7O2. The highest BCUT2D eigenvalue weighted by Gasteiger charge is 2.32. The van der Waals surface area contributed by atoms with E-state index in [0.717, 1.165) is 12.3 Å². The summed E-state index contributed by atoms with van der Waals surface area (Å²) in [5.41, 5.74) is -1.12. The van der Waals surface area contributed by atoms with Crippen LogP contribution in [0.15, 0.2) is 41.6 Å². The first kappa shape index (κ1) is 21.3. The molecule has 0 spiro atoms. The zero-order valence-electron chi connectivity index (χ0n) is 16.7. The third-order valence-corrected chi connectivity index (χ3v) is 4.88. The topological polar surface area (TPSA) is 119 Å². The van der Waals surface area contributed by atoms with E-state index >= 15 is 0 Å². The molecule has 0 bridgehead atoms. The van der Waals surface area contributed by atoms with E-state index in [1.54, 1.807) is 25.4 Å². The van der Waals surface area contributed by atoms with Gasteiger partial charge in [0.1, 0.15) is 28.4 Å². The molecule has 0 fully saturated rings. The molecule has 0 saturated carbocycles. The van der Waals surface area contributed by atoms with Crippen LogP contribution in [0.4, 0.5) is 13.2 Å². The van der Waals surface area contributed by atoms with Gasteiger partial charge >= 0.3 is 6.18 Å². The number of aldehydes is 1. The zero-order valence-corrected chi connectivity index (χ0v) is 16.7. The molecule has 4 rings (SSSR count). The average Bonchev–Trinajstić information content (AvgIpc) is 3.16. The third-order valence-electron chi connectivity index (χ3n) is 4.88. The second kappa shape index (κ2) is 8.29. The van der Waals surface area contributed by atoms with Crippen LogP contribution in [0.3, 0.4) is 0 Å². The van der Waals surface area contributed by atoms with Crippen LogP contribution >= 0.6 is 0 Å². The number of aromatic amines is 1. The predicted octanol–water partition coefficient (Wildman–Crippen LogP) is 2.53. The zero-order chi connectivity index (χ0) is 22.9. The van der Waals surface area contributed by atoms with Crippen molar-refractivity contribution in [3.8, 4) is 0 Å². The highest BCUT2D eigenvalue weighted by molar-refractivity contribution is 5.93. The fraction of sp³-hybridized carbons (Fsp3) is 0.250. The van der Waals surface area contributed by atoms with Gasteiger partial charge in [-0.3, -0.25) is 14.6 Å². The molecule has 1 unspecified atom stereocenters. The van der Waals surface area contributed by atoms with E-state index in [-0.39, 0.29) is 16.7 Å². The highest BCUT2D eigenvalue weighted by Crippen LogP contribution is 2.29. The number of halogens is 3. The minimum Gasteiger partial charge on any atom is -0.310 e. The fourth-order valence-electron chi connectivity index (χ4n) is 3.24. The van der Waals surface area contributed by atoms with E-state index in [2.05, 4.69) is 30.0 Å². The van der Waals surface area contributed by atoms with Crippen molar-refractivity contribution in [1.29, 1.82) is 0 Å². The molecule has 0 radical (unpaired) electrons. The molecule has 0 saturated heterocycles. The molecule has 0 amide bonds. The summed E-state index contributed by atoms with van der Waals surface area (Å²) < 4.78 is 39.8. The lowest BCUT2D eigenvalue weighted by molar-refractivity contribution is -0.141. The number of carbonyl (C=O) groups is 1. The number of aromatic nitrogens is 7. The van der Waals surface area contributed by atoms with E-state index in [9.17, 15) is 22.8 Å². The fourth-order valence-corrected chi connectivity index (χ4v) is 3.24. The number of carbonyl (C=O) groups excluding carboxylic acids is 1. The molecule has 164 valence electrons. The van der Waals surface area contributed by atoms with Gasteiger partial charge in [-0.2, -0.15) is 18.3 Å². The summed E-state index contributed by atoms with van der Waals surface area (Å²) >= 11 is 0. The average molecular weight is 443 g/mol. The van der Waals surface area contributed by atoms with Crippen molar-refractivity contribution in [3.05, 3.63) is 75.7 Å². The maximum atomic E-state index is 12.8. The summed E-state index contributed by atoms with van der Waals surface area (Å²) in [6.45, 7) is 1.66. The summed E-state index contributed by atoms with van der Waals surface area (Å²) in [5, 5.41) is 4.17. The minimum absolute atomic E-state index is 0.00596. The molecule has 1 N–H and O–H groups in total. The second-order valence-electron chi connectivity index (χ2n) is 6.97. The van der Waals surface area contributed by atoms with Crippen LogP contribution in [-0.2, 0) is 19.0 Å². The van der Waals surface area contributed by atoms with Crippen LogP contribution in [0.1, 0.15) is 46.4 Å². The number of hydrogen-bond donors (Lipinski definition) is 1. The lowest BCUT2D eigenvalue weighted by Gasteiger charge is -2.14. The van der Waals surface area contributed by atoms with Crippen LogP contribution in [0, 0.1) is 0 Å². The number of fused-ring (bicyclic) bond motifs is 1. The number of H-pyrrole nitrogens is 1. The van der Waals surface area contributed by atoms with Gasteiger partial charge in [0.05, 0.1) is 6.04 Å². The van der Waals surface area contributed by atoms with Crippen LogP contribution in [0.2, 0.25) is 0 Å². The molecule has 4 heterocycles. The lowest BCUT2D eigenvalue weighted by Crippen LogP contribution is -2.16. The van der Waals surface area contributed by atoms with Gasteiger partial charge in [-0.05, 0) is 24.6 Å². The summed E-state index contributed by atoms with van der Waals surface area (Å²) in [6.07, 6.45) is 0.916. The Morgan fingerprint density at radius 3 is 2.53 bits per heavy atom. The van der Waals surface area contributed by atoms with Crippen molar-refractivity contribution in [3.63, 3.8) is 0 Å². The Labute approximate surface area is 178 Å². The summed E-state index contributed by atoms with van der Waals surface area (Å²) in [5.74, 6) is 0.910. The lowest BCUT2D eigenvalue weighted by atomic mass is 10.1. The van der Waals surface area contributed by atoms with Gasteiger partial charge < -0.3 is 4.98 Å². The molecule has 0 aliphatic rings. The third kappa shape index (κ3) is 4.11. The summed E-state index contributed by atoms with van der Waals surface area (Å²) in [6, 6.07) is 3.19. The second-order valence-corrected chi connectivity index (χ2v) is 6.97. The maximum absolute atomic E-state index is 12.8. The number of alkyl halides is 3. The Morgan fingerprint density at radius 1 is 1.16 bits per heavy atom. The summed E-state index contributed by atoms with van der Waals surface area (Å²) in [4.78, 5) is 42.9. The van der Waals surface area contributed by atoms with Gasteiger partial charge in [-0.1, -0.05) is 6.07 Å². The van der Waals surface area contributed by atoms with E-state index in [1.807, 2.05) is 0 Å². The van der Waals surface area contributed by atoms with E-state index < -0.39 is 23.5 Å². The van der Waals surface area contributed by atoms with Gasteiger partial charge in [-0.25, -0.2) is 19.6 Å². The van der Waals surface area contributed by atoms with Crippen LogP contribution in [-0.4, -0.2) is 41.0 Å². The number of rotatable bonds is 6. The number of pyridine rings is 1. The molecule has 9 nitrogen and oxygen atoms in total. The van der Waals surface area contributed by atoms with Gasteiger partial charge in [0, 0.05) is 31.4 Å². The number of hydrogen-bond acceptors (Lipinski definition) is 7. The molecule has 0 aromatic carbocycles. The van der Waals surface area contributed by atoms with Crippen molar-refractivity contribution >= 4 is 17.3 Å². The van der Waals surface area contributed by atoms with Crippen molar-refractivity contribution < 1.29 is 18.0 Å². The van der Waals surface area contributed by atoms with Crippen LogP contribution < -0.4 is 5.56 Å². The molecule has 4 aromatic rings. The number of nitrogens with zero attached hydrogens (tertiary/aromatic N) is 6. The highest BCUT2D eigenvalue weighted by atomic mass is 19.4. The van der Waals surface area contributed by atoms with Crippen LogP contribution in [0.5, 0.6) is 0 Å². The van der Waals surface area contributed by atoms with Gasteiger partial charge in [-0.15, -0.1) is 0 Å². The normalized spacial score (nSPS) is 12.8. The Morgan fingerprint density at radius 2 is 1.91 bits per heavy atom. The largest absolute Gasteiger partial charge is 0.433 e. The standard InChI is InChI=1S/C20H16F3N7O2/c1-11(12-3-4-14(26-9-12)20(21,22)23)30-18-17(13(10-31)29-30)19(32)28-16(27-18)6-5-15-24-7-2-8-25-15/h2-4,7-11H,5-6H2,1H3,(H,27,28,32). The number of aryl methyl sites for hydroxylation is 2. The Bertz CT molecular complexity index is 1320. The molecule has 32 heavy (non-hydrogen) atoms. The van der Waals surface area contributed by atoms with E-state index in [4.69, 9.17) is 0 Å². The Balaban J connectivity index is 1.72. The van der Waals surface area contributed by atoms with Gasteiger partial charge in [0.25, 0.3) is 5.56 Å². The van der Waals surface area contributed by atoms with Gasteiger partial charge in [0.2, 0.25) is 0 Å². The van der Waals surface area contributed by atoms with E-state index in [0.29, 0.717) is 36.3 Å². The SMILES string of the molecule is CC(c1ccc(C(F)(F)F)nc1)n1nc(C=O)c2c(=O)[nH]c(CCc3ncccn3)nc21. The monoisotopic (exact) mass is 443 g/mol. The smallest absolute Gasteiger partial charge is 0.310 e. The van der Waals surface area contributed by atoms with Crippen LogP contribution in [0.25, 0.3) is 11.0 Å². The van der Waals surface area contributed by atoms with Crippen molar-refractivity contribution in [2.24, 2.45) is 0 Å². The molecule has 12 heteroatoms. The van der Waals surface area contributed by atoms with Crippen molar-refractivity contribution in [2.75, 3.05) is 0 Å². The molecular weight excluding hydrogens is 427 g/mol. The number of nitrogens with one attached hydrogen (secondary N) is 1. The first-order valence-corrected chi connectivity index (χ1v) is 9.53. The van der Waals surface area contributed by atoms with Gasteiger partial charge in [0.15, 0.2) is 11.9 Å². The van der Waals surface area contributed by atoms with Crippen molar-refractivity contribution in [2.45, 2.75) is 32.0 Å². The maximum Gasteiger partial charge on any atom is 0.433 e. The molecule has 4 aromatic heterocycles. The molecule has 0 aliphatic carbocycles. The Kier molecular flexibility index (Phi) is 5.51. The first-order valence-electron chi connectivity index (χ1n) is 9.53. The quantitative estimate of drug-likeness (QED) is 0.455. The Hall–Kier alpha value is -3.96.